The molecular weight excluding hydrogens is 294 g/mol. The molecule has 0 spiro atoms. The third-order valence-corrected chi connectivity index (χ3v) is 8.30. The summed E-state index contributed by atoms with van der Waals surface area (Å²) in [6, 6.07) is 4.21. The monoisotopic (exact) mass is 301 g/mol. The molecule has 0 saturated heterocycles. The van der Waals surface area contributed by atoms with Crippen LogP contribution in [0.2, 0.25) is 0 Å². The van der Waals surface area contributed by atoms with Gasteiger partial charge in [0.1, 0.15) is 3.14 Å². The van der Waals surface area contributed by atoms with E-state index in [2.05, 4.69) is 17.1 Å². The molecule has 6 heteroatoms. The zero-order chi connectivity index (χ0) is 11.0. The van der Waals surface area contributed by atoms with Crippen LogP contribution < -0.4 is 0 Å². The summed E-state index contributed by atoms with van der Waals surface area (Å²) in [7, 11) is 0. The van der Waals surface area contributed by atoms with Gasteiger partial charge < -0.3 is 0 Å². The minimum atomic E-state index is 0.542. The number of hydrogen-bond acceptors (Lipinski definition) is 6. The van der Waals surface area contributed by atoms with E-state index in [4.69, 9.17) is 12.2 Å². The second-order valence-electron chi connectivity index (χ2n) is 3.23. The minimum Gasteiger partial charge on any atom is -0.265 e. The van der Waals surface area contributed by atoms with Crippen molar-refractivity contribution in [2.24, 2.45) is 0 Å². The fourth-order valence-electron chi connectivity index (χ4n) is 1.47. The largest absolute Gasteiger partial charge is 0.265 e. The second kappa shape index (κ2) is 4.78. The Balaban J connectivity index is 1.91. The Morgan fingerprint density at radius 3 is 2.75 bits per heavy atom. The fourth-order valence-corrected chi connectivity index (χ4v) is 8.10. The normalized spacial score (nSPS) is 19.4. The van der Waals surface area contributed by atoms with Gasteiger partial charge in [-0.3, -0.25) is 4.98 Å². The molecule has 82 valence electrons. The topological polar surface area (TPSA) is 12.9 Å². The van der Waals surface area contributed by atoms with Gasteiger partial charge in [0, 0.05) is 23.4 Å². The molecule has 1 nitrogen and oxygen atoms in total. The van der Waals surface area contributed by atoms with Crippen LogP contribution in [-0.2, 0) is 0 Å². The fraction of sp³-hybridized carbons (Fsp3) is 0.200. The first-order chi connectivity index (χ1) is 7.83. The minimum absolute atomic E-state index is 0.542. The molecule has 0 aliphatic carbocycles. The highest BCUT2D eigenvalue weighted by Crippen LogP contribution is 2.52. The van der Waals surface area contributed by atoms with Gasteiger partial charge in [-0.25, -0.2) is 0 Å². The number of fused-ring (bicyclic) bond motifs is 1. The maximum absolute atomic E-state index is 5.24. The molecule has 3 heterocycles. The van der Waals surface area contributed by atoms with Gasteiger partial charge in [-0.15, -0.1) is 46.2 Å². The molecule has 0 saturated carbocycles. The quantitative estimate of drug-likeness (QED) is 0.696. The standard InChI is InChI=1S/C10H7NS5/c12-10-15-8-9(16-10)14-7(5-13-8)6-1-3-11-4-2-6/h1-4,7H,5H2. The molecule has 0 fully saturated rings. The molecule has 0 bridgehead atoms. The van der Waals surface area contributed by atoms with Crippen molar-refractivity contribution in [1.29, 1.82) is 0 Å². The Morgan fingerprint density at radius 1 is 1.19 bits per heavy atom. The van der Waals surface area contributed by atoms with Crippen molar-refractivity contribution in [3.05, 3.63) is 33.2 Å². The van der Waals surface area contributed by atoms with Crippen molar-refractivity contribution in [3.8, 4) is 0 Å². The van der Waals surface area contributed by atoms with Gasteiger partial charge >= 0.3 is 0 Å². The van der Waals surface area contributed by atoms with Gasteiger partial charge in [0.25, 0.3) is 0 Å². The summed E-state index contributed by atoms with van der Waals surface area (Å²) in [5.74, 6) is 1.13. The Hall–Kier alpha value is 0.120. The van der Waals surface area contributed by atoms with Gasteiger partial charge in [0.05, 0.1) is 8.42 Å². The molecule has 1 aliphatic rings. The van der Waals surface area contributed by atoms with Crippen molar-refractivity contribution in [3.63, 3.8) is 0 Å². The van der Waals surface area contributed by atoms with Crippen LogP contribution in [0.15, 0.2) is 32.9 Å². The van der Waals surface area contributed by atoms with Crippen LogP contribution in [-0.4, -0.2) is 10.7 Å². The number of hydrogen-bond donors (Lipinski definition) is 0. The first-order valence-corrected chi connectivity index (χ1v) is 8.57. The lowest BCUT2D eigenvalue weighted by atomic mass is 10.2. The van der Waals surface area contributed by atoms with E-state index in [1.807, 2.05) is 35.9 Å². The van der Waals surface area contributed by atoms with Gasteiger partial charge in [-0.05, 0) is 17.7 Å². The average molecular weight is 302 g/mol. The van der Waals surface area contributed by atoms with E-state index in [0.717, 1.165) is 8.89 Å². The van der Waals surface area contributed by atoms with Crippen LogP contribution in [0.25, 0.3) is 0 Å². The highest BCUT2D eigenvalue weighted by Gasteiger charge is 2.23. The zero-order valence-corrected chi connectivity index (χ0v) is 12.2. The third-order valence-electron chi connectivity index (χ3n) is 2.21. The van der Waals surface area contributed by atoms with E-state index in [0.29, 0.717) is 5.25 Å². The van der Waals surface area contributed by atoms with E-state index in [1.54, 1.807) is 22.7 Å². The predicted molar refractivity (Wildman–Crippen MR) is 76.6 cm³/mol. The predicted octanol–water partition coefficient (Wildman–Crippen LogP) is 4.87. The Bertz CT molecular complexity index is 544. The molecule has 0 aromatic carbocycles. The van der Waals surface area contributed by atoms with Crippen molar-refractivity contribution >= 4 is 58.4 Å². The van der Waals surface area contributed by atoms with Crippen molar-refractivity contribution < 1.29 is 0 Å². The summed E-state index contributed by atoms with van der Waals surface area (Å²) in [6.45, 7) is 0. The van der Waals surface area contributed by atoms with Gasteiger partial charge in [0.15, 0.2) is 0 Å². The van der Waals surface area contributed by atoms with Crippen LogP contribution in [0.5, 0.6) is 0 Å². The second-order valence-corrected chi connectivity index (χ2v) is 9.21. The molecule has 1 aliphatic heterocycles. The summed E-state index contributed by atoms with van der Waals surface area (Å²) in [5, 5.41) is 0.542. The van der Waals surface area contributed by atoms with Gasteiger partial charge in [-0.2, -0.15) is 0 Å². The molecule has 1 unspecified atom stereocenters. The number of rotatable bonds is 1. The van der Waals surface area contributed by atoms with E-state index in [9.17, 15) is 0 Å². The van der Waals surface area contributed by atoms with Crippen LogP contribution in [0.4, 0.5) is 0 Å². The molecule has 0 amide bonds. The van der Waals surface area contributed by atoms with E-state index in [1.165, 1.54) is 14.0 Å². The molecule has 3 rings (SSSR count). The number of nitrogens with zero attached hydrogens (tertiary/aromatic N) is 1. The van der Waals surface area contributed by atoms with Crippen molar-refractivity contribution in [2.45, 2.75) is 13.7 Å². The maximum atomic E-state index is 5.24. The highest BCUT2D eigenvalue weighted by atomic mass is 32.2. The molecule has 16 heavy (non-hydrogen) atoms. The van der Waals surface area contributed by atoms with Crippen molar-refractivity contribution in [1.82, 2.24) is 4.98 Å². The highest BCUT2D eigenvalue weighted by molar-refractivity contribution is 8.08. The van der Waals surface area contributed by atoms with Crippen LogP contribution >= 0.6 is 58.4 Å². The number of thioether (sulfide) groups is 2. The first kappa shape index (κ1) is 11.2. The lowest BCUT2D eigenvalue weighted by Crippen LogP contribution is -2.00. The van der Waals surface area contributed by atoms with Crippen molar-refractivity contribution in [2.75, 3.05) is 5.75 Å². The van der Waals surface area contributed by atoms with Crippen LogP contribution in [0, 0.1) is 3.14 Å². The molecule has 1 atom stereocenters. The van der Waals surface area contributed by atoms with Crippen LogP contribution in [0.3, 0.4) is 0 Å². The zero-order valence-electron chi connectivity index (χ0n) is 8.08. The Kier molecular flexibility index (Phi) is 3.35. The van der Waals surface area contributed by atoms with Gasteiger partial charge in [-0.1, -0.05) is 12.2 Å². The van der Waals surface area contributed by atoms with E-state index >= 15 is 0 Å². The number of aromatic nitrogens is 1. The number of pyridine rings is 1. The van der Waals surface area contributed by atoms with Gasteiger partial charge in [0.2, 0.25) is 0 Å². The summed E-state index contributed by atoms with van der Waals surface area (Å²) in [4.78, 5) is 4.06. The first-order valence-electron chi connectivity index (χ1n) is 4.66. The molecular formula is C10H7NS5. The summed E-state index contributed by atoms with van der Waals surface area (Å²) in [6.07, 6.45) is 3.73. The summed E-state index contributed by atoms with van der Waals surface area (Å²) >= 11 is 12.6. The summed E-state index contributed by atoms with van der Waals surface area (Å²) < 4.78 is 3.85. The lowest BCUT2D eigenvalue weighted by molar-refractivity contribution is 1.08. The SMILES string of the molecule is S=c1sc2c(s1)SC(c1ccncc1)CS2. The Labute approximate surface area is 115 Å². The van der Waals surface area contributed by atoms with Crippen LogP contribution in [0.1, 0.15) is 10.8 Å². The molecule has 0 radical (unpaired) electrons. The Morgan fingerprint density at radius 2 is 1.94 bits per heavy atom. The average Bonchev–Trinajstić information content (AvgIpc) is 2.69. The van der Waals surface area contributed by atoms with E-state index < -0.39 is 0 Å². The maximum Gasteiger partial charge on any atom is 0.145 e. The molecule has 2 aromatic heterocycles. The lowest BCUT2D eigenvalue weighted by Gasteiger charge is -2.20. The molecule has 0 N–H and O–H groups in total. The molecule has 2 aromatic rings. The van der Waals surface area contributed by atoms with E-state index in [-0.39, 0.29) is 0 Å². The third kappa shape index (κ3) is 2.22. The summed E-state index contributed by atoms with van der Waals surface area (Å²) in [5.41, 5.74) is 1.36. The smallest absolute Gasteiger partial charge is 0.145 e.